The van der Waals surface area contributed by atoms with Crippen LogP contribution in [-0.2, 0) is 10.8 Å². The molecule has 2 rings (SSSR count). The summed E-state index contributed by atoms with van der Waals surface area (Å²) in [6, 6.07) is 6.60. The van der Waals surface area contributed by atoms with E-state index in [0.29, 0.717) is 15.9 Å². The number of hydrogen-bond donors (Lipinski definition) is 2. The van der Waals surface area contributed by atoms with Gasteiger partial charge in [-0.1, -0.05) is 12.1 Å². The molecule has 25 heavy (non-hydrogen) atoms. The van der Waals surface area contributed by atoms with Crippen molar-refractivity contribution in [2.45, 2.75) is 45.1 Å². The second-order valence-electron chi connectivity index (χ2n) is 6.86. The molecule has 0 amide bonds. The first-order chi connectivity index (χ1) is 11.3. The second kappa shape index (κ2) is 6.76. The van der Waals surface area contributed by atoms with Crippen molar-refractivity contribution in [2.75, 3.05) is 0 Å². The summed E-state index contributed by atoms with van der Waals surface area (Å²) >= 11 is 1.18. The van der Waals surface area contributed by atoms with Crippen LogP contribution in [0.2, 0.25) is 0 Å². The average molecular weight is 372 g/mol. The zero-order valence-corrected chi connectivity index (χ0v) is 15.2. The molecule has 1 aromatic carbocycles. The fourth-order valence-corrected chi connectivity index (χ4v) is 2.82. The molecule has 136 valence electrons. The standard InChI is InChI=1S/C17H20BF3O3S/c1-15(2,22)16(3,4)24-18(23)14-9-12(10-25-14)11-6-5-7-13(8-11)17(19,20)21/h5-10,22-23H,1-4H3. The molecule has 0 radical (unpaired) electrons. The van der Waals surface area contributed by atoms with E-state index in [4.69, 9.17) is 4.65 Å². The molecular formula is C17H20BF3O3S. The molecule has 8 heteroatoms. The van der Waals surface area contributed by atoms with E-state index in [2.05, 4.69) is 0 Å². The number of benzene rings is 1. The van der Waals surface area contributed by atoms with Gasteiger partial charge in [-0.05, 0) is 62.4 Å². The molecule has 0 atom stereocenters. The van der Waals surface area contributed by atoms with Crippen LogP contribution in [0.5, 0.6) is 0 Å². The van der Waals surface area contributed by atoms with Crippen LogP contribution in [0.25, 0.3) is 11.1 Å². The Morgan fingerprint density at radius 1 is 1.04 bits per heavy atom. The summed E-state index contributed by atoms with van der Waals surface area (Å²) < 4.78 is 44.5. The fraction of sp³-hybridized carbons (Fsp3) is 0.412. The Hall–Kier alpha value is -1.35. The molecule has 0 bridgehead atoms. The highest BCUT2D eigenvalue weighted by Crippen LogP contribution is 2.32. The molecule has 3 nitrogen and oxygen atoms in total. The molecular weight excluding hydrogens is 352 g/mol. The molecule has 0 aliphatic carbocycles. The number of hydrogen-bond acceptors (Lipinski definition) is 4. The summed E-state index contributed by atoms with van der Waals surface area (Å²) in [6.07, 6.45) is -4.41. The summed E-state index contributed by atoms with van der Waals surface area (Å²) in [4.78, 5) is 0. The Morgan fingerprint density at radius 3 is 2.24 bits per heavy atom. The Balaban J connectivity index is 2.23. The van der Waals surface area contributed by atoms with Gasteiger partial charge in [-0.25, -0.2) is 0 Å². The Kier molecular flexibility index (Phi) is 5.40. The lowest BCUT2D eigenvalue weighted by Crippen LogP contribution is -2.52. The van der Waals surface area contributed by atoms with E-state index < -0.39 is 30.1 Å². The van der Waals surface area contributed by atoms with E-state index in [-0.39, 0.29) is 0 Å². The van der Waals surface area contributed by atoms with Gasteiger partial charge in [0.2, 0.25) is 0 Å². The van der Waals surface area contributed by atoms with E-state index in [1.54, 1.807) is 45.2 Å². The average Bonchev–Trinajstić information content (AvgIpc) is 2.94. The first-order valence-electron chi connectivity index (χ1n) is 7.65. The van der Waals surface area contributed by atoms with Crippen molar-refractivity contribution in [3.8, 4) is 11.1 Å². The maximum Gasteiger partial charge on any atom is 0.502 e. The number of rotatable bonds is 5. The summed E-state index contributed by atoms with van der Waals surface area (Å²) in [6.45, 7) is 6.44. The number of alkyl halides is 3. The van der Waals surface area contributed by atoms with Crippen LogP contribution in [0.15, 0.2) is 35.7 Å². The fourth-order valence-electron chi connectivity index (χ4n) is 1.99. The number of thiophene rings is 1. The molecule has 0 saturated carbocycles. The minimum absolute atomic E-state index is 0.409. The van der Waals surface area contributed by atoms with Crippen LogP contribution in [0.3, 0.4) is 0 Å². The van der Waals surface area contributed by atoms with E-state index in [0.717, 1.165) is 12.1 Å². The SMILES string of the molecule is CC(C)(O)C(C)(C)OB(O)c1cc(-c2cccc(C(F)(F)F)c2)cs1. The molecule has 2 aromatic rings. The van der Waals surface area contributed by atoms with Crippen molar-refractivity contribution in [3.63, 3.8) is 0 Å². The predicted octanol–water partition coefficient (Wildman–Crippen LogP) is 3.69. The predicted molar refractivity (Wildman–Crippen MR) is 93.8 cm³/mol. The maximum atomic E-state index is 12.8. The zero-order chi connectivity index (χ0) is 19.0. The van der Waals surface area contributed by atoms with Gasteiger partial charge in [-0.15, -0.1) is 0 Å². The third kappa shape index (κ3) is 4.64. The van der Waals surface area contributed by atoms with Crippen LogP contribution in [0.4, 0.5) is 13.2 Å². The third-order valence-electron chi connectivity index (χ3n) is 4.27. The minimum Gasteiger partial charge on any atom is -0.423 e. The second-order valence-corrected chi connectivity index (χ2v) is 7.80. The first kappa shape index (κ1) is 20.0. The van der Waals surface area contributed by atoms with E-state index in [1.165, 1.54) is 17.4 Å². The summed E-state index contributed by atoms with van der Waals surface area (Å²) in [7, 11) is -1.29. The Labute approximate surface area is 149 Å². The van der Waals surface area contributed by atoms with Gasteiger partial charge in [0.1, 0.15) is 0 Å². The van der Waals surface area contributed by atoms with E-state index in [1.807, 2.05) is 0 Å². The third-order valence-corrected chi connectivity index (χ3v) is 5.23. The van der Waals surface area contributed by atoms with E-state index >= 15 is 0 Å². The normalized spacial score (nSPS) is 13.2. The van der Waals surface area contributed by atoms with E-state index in [9.17, 15) is 23.3 Å². The van der Waals surface area contributed by atoms with Crippen molar-refractivity contribution in [2.24, 2.45) is 0 Å². The van der Waals surface area contributed by atoms with Crippen LogP contribution in [-0.4, -0.2) is 28.5 Å². The lowest BCUT2D eigenvalue weighted by atomic mass is 9.81. The molecule has 0 spiro atoms. The van der Waals surface area contributed by atoms with Crippen LogP contribution in [0.1, 0.15) is 33.3 Å². The van der Waals surface area contributed by atoms with Gasteiger partial charge in [0, 0.05) is 4.78 Å². The molecule has 2 N–H and O–H groups in total. The van der Waals surface area contributed by atoms with Crippen molar-refractivity contribution < 1.29 is 28.0 Å². The summed E-state index contributed by atoms with van der Waals surface area (Å²) in [5.74, 6) is 0. The summed E-state index contributed by atoms with van der Waals surface area (Å²) in [5, 5.41) is 22.0. The van der Waals surface area contributed by atoms with Crippen LogP contribution in [0, 0.1) is 0 Å². The van der Waals surface area contributed by atoms with Crippen molar-refractivity contribution in [1.82, 2.24) is 0 Å². The molecule has 0 unspecified atom stereocenters. The zero-order valence-electron chi connectivity index (χ0n) is 14.4. The smallest absolute Gasteiger partial charge is 0.423 e. The van der Waals surface area contributed by atoms with Gasteiger partial charge in [-0.2, -0.15) is 24.5 Å². The largest absolute Gasteiger partial charge is 0.502 e. The Bertz CT molecular complexity index is 735. The lowest BCUT2D eigenvalue weighted by molar-refractivity contribution is -0.137. The minimum atomic E-state index is -4.41. The molecule has 0 saturated heterocycles. The van der Waals surface area contributed by atoms with Crippen molar-refractivity contribution in [3.05, 3.63) is 41.3 Å². The van der Waals surface area contributed by atoms with Crippen molar-refractivity contribution >= 4 is 23.2 Å². The van der Waals surface area contributed by atoms with Gasteiger partial charge in [-0.3, -0.25) is 0 Å². The Morgan fingerprint density at radius 2 is 1.68 bits per heavy atom. The van der Waals surface area contributed by atoms with Gasteiger partial charge < -0.3 is 14.8 Å². The van der Waals surface area contributed by atoms with Crippen LogP contribution >= 0.6 is 11.3 Å². The quantitative estimate of drug-likeness (QED) is 0.788. The van der Waals surface area contributed by atoms with Gasteiger partial charge >= 0.3 is 13.3 Å². The molecule has 0 aliphatic rings. The monoisotopic (exact) mass is 372 g/mol. The molecule has 0 fully saturated rings. The highest BCUT2D eigenvalue weighted by atomic mass is 32.1. The van der Waals surface area contributed by atoms with Gasteiger partial charge in [0.25, 0.3) is 0 Å². The van der Waals surface area contributed by atoms with Gasteiger partial charge in [0.05, 0.1) is 16.8 Å². The van der Waals surface area contributed by atoms with Gasteiger partial charge in [0.15, 0.2) is 0 Å². The van der Waals surface area contributed by atoms with Crippen molar-refractivity contribution in [1.29, 1.82) is 0 Å². The molecule has 0 aliphatic heterocycles. The highest BCUT2D eigenvalue weighted by molar-refractivity contribution is 7.21. The first-order valence-corrected chi connectivity index (χ1v) is 8.53. The number of halogens is 3. The lowest BCUT2D eigenvalue weighted by Gasteiger charge is -2.38. The topological polar surface area (TPSA) is 49.7 Å². The maximum absolute atomic E-state index is 12.8. The number of aliphatic hydroxyl groups is 1. The molecule has 1 aromatic heterocycles. The molecule has 1 heterocycles. The highest BCUT2D eigenvalue weighted by Gasteiger charge is 2.40. The summed E-state index contributed by atoms with van der Waals surface area (Å²) in [5.41, 5.74) is -1.96. The van der Waals surface area contributed by atoms with Crippen LogP contribution < -0.4 is 4.78 Å².